The van der Waals surface area contributed by atoms with Crippen LogP contribution in [0.2, 0.25) is 0 Å². The number of carbonyl (C=O) groups is 2. The van der Waals surface area contributed by atoms with Crippen molar-refractivity contribution in [3.05, 3.63) is 39.4 Å². The van der Waals surface area contributed by atoms with E-state index in [1.54, 1.807) is 0 Å². The number of hydrogen-bond donors (Lipinski definition) is 2. The van der Waals surface area contributed by atoms with E-state index in [4.69, 9.17) is 5.73 Å². The summed E-state index contributed by atoms with van der Waals surface area (Å²) in [7, 11) is 0. The molecule has 84 valence electrons. The van der Waals surface area contributed by atoms with Crippen LogP contribution in [-0.2, 0) is 0 Å². The molecule has 0 fully saturated rings. The van der Waals surface area contributed by atoms with Gasteiger partial charge in [0, 0.05) is 17.2 Å². The Kier molecular flexibility index (Phi) is 3.19. The van der Waals surface area contributed by atoms with Crippen LogP contribution >= 0.6 is 0 Å². The lowest BCUT2D eigenvalue weighted by Gasteiger charge is -2.02. The second-order valence-corrected chi connectivity index (χ2v) is 3.08. The standard InChI is InChI=1S/C9H9N3O4/c1-5-4-6(8(13)11-9(10)14)2-3-7(5)12(15)16/h2-4H,1H3,(H3,10,11,13,14). The minimum absolute atomic E-state index is 0.0874. The van der Waals surface area contributed by atoms with Crippen LogP contribution in [0.15, 0.2) is 18.2 Å². The third-order valence-corrected chi connectivity index (χ3v) is 1.89. The molecule has 1 rings (SSSR count). The molecule has 0 saturated carbocycles. The average Bonchev–Trinajstić information content (AvgIpc) is 2.15. The van der Waals surface area contributed by atoms with Gasteiger partial charge in [-0.25, -0.2) is 4.79 Å². The lowest BCUT2D eigenvalue weighted by atomic mass is 10.1. The van der Waals surface area contributed by atoms with Crippen LogP contribution in [0.1, 0.15) is 15.9 Å². The number of nitrogens with zero attached hydrogens (tertiary/aromatic N) is 1. The Bertz CT molecular complexity index is 470. The first-order valence-corrected chi connectivity index (χ1v) is 4.27. The van der Waals surface area contributed by atoms with Crippen molar-refractivity contribution in [3.8, 4) is 0 Å². The second-order valence-electron chi connectivity index (χ2n) is 3.08. The zero-order valence-corrected chi connectivity index (χ0v) is 8.39. The Morgan fingerprint density at radius 2 is 2.06 bits per heavy atom. The Morgan fingerprint density at radius 1 is 1.44 bits per heavy atom. The predicted molar refractivity (Wildman–Crippen MR) is 54.9 cm³/mol. The molecule has 1 aromatic rings. The summed E-state index contributed by atoms with van der Waals surface area (Å²) in [5, 5.41) is 12.4. The second kappa shape index (κ2) is 4.39. The monoisotopic (exact) mass is 223 g/mol. The molecule has 0 bridgehead atoms. The number of urea groups is 1. The van der Waals surface area contributed by atoms with Gasteiger partial charge in [0.2, 0.25) is 0 Å². The molecule has 0 spiro atoms. The summed E-state index contributed by atoms with van der Waals surface area (Å²) in [5.74, 6) is -0.689. The average molecular weight is 223 g/mol. The molecule has 7 nitrogen and oxygen atoms in total. The van der Waals surface area contributed by atoms with Crippen molar-refractivity contribution >= 4 is 17.6 Å². The Hall–Kier alpha value is -2.44. The number of hydrogen-bond acceptors (Lipinski definition) is 4. The van der Waals surface area contributed by atoms with E-state index >= 15 is 0 Å². The molecule has 0 saturated heterocycles. The molecular weight excluding hydrogens is 214 g/mol. The summed E-state index contributed by atoms with van der Waals surface area (Å²) in [5.41, 5.74) is 5.16. The molecule has 7 heteroatoms. The van der Waals surface area contributed by atoms with Crippen molar-refractivity contribution in [1.29, 1.82) is 0 Å². The molecule has 0 aromatic heterocycles. The van der Waals surface area contributed by atoms with Crippen molar-refractivity contribution in [2.45, 2.75) is 6.92 Å². The Labute approximate surface area is 90.4 Å². The first-order valence-electron chi connectivity index (χ1n) is 4.27. The van der Waals surface area contributed by atoms with Gasteiger partial charge in [-0.1, -0.05) is 0 Å². The number of nitro benzene ring substituents is 1. The summed E-state index contributed by atoms with van der Waals surface area (Å²) < 4.78 is 0. The van der Waals surface area contributed by atoms with Gasteiger partial charge < -0.3 is 5.73 Å². The van der Waals surface area contributed by atoms with Crippen LogP contribution in [-0.4, -0.2) is 16.9 Å². The molecule has 0 aliphatic carbocycles. The quantitative estimate of drug-likeness (QED) is 0.567. The zero-order valence-electron chi connectivity index (χ0n) is 8.39. The normalized spacial score (nSPS) is 9.56. The largest absolute Gasteiger partial charge is 0.351 e. The molecule has 1 aromatic carbocycles. The predicted octanol–water partition coefficient (Wildman–Crippen LogP) is 0.712. The van der Waals surface area contributed by atoms with Crippen molar-refractivity contribution in [2.24, 2.45) is 5.73 Å². The molecule has 0 aliphatic heterocycles. The molecular formula is C9H9N3O4. The fourth-order valence-electron chi connectivity index (χ4n) is 1.19. The molecule has 0 radical (unpaired) electrons. The molecule has 0 atom stereocenters. The fourth-order valence-corrected chi connectivity index (χ4v) is 1.19. The van der Waals surface area contributed by atoms with Gasteiger partial charge in [-0.15, -0.1) is 0 Å². The van der Waals surface area contributed by atoms with Gasteiger partial charge in [-0.2, -0.15) is 0 Å². The van der Waals surface area contributed by atoms with Gasteiger partial charge in [0.05, 0.1) is 4.92 Å². The minimum atomic E-state index is -0.971. The number of nitrogens with one attached hydrogen (secondary N) is 1. The first-order chi connectivity index (χ1) is 7.41. The molecule has 0 heterocycles. The highest BCUT2D eigenvalue weighted by Gasteiger charge is 2.14. The van der Waals surface area contributed by atoms with Gasteiger partial charge in [-0.3, -0.25) is 20.2 Å². The number of carbonyl (C=O) groups excluding carboxylic acids is 2. The number of rotatable bonds is 2. The molecule has 3 N–H and O–H groups in total. The lowest BCUT2D eigenvalue weighted by Crippen LogP contribution is -2.34. The van der Waals surface area contributed by atoms with Crippen molar-refractivity contribution in [2.75, 3.05) is 0 Å². The van der Waals surface area contributed by atoms with Crippen molar-refractivity contribution in [3.63, 3.8) is 0 Å². The summed E-state index contributed by atoms with van der Waals surface area (Å²) in [6.07, 6.45) is 0. The van der Waals surface area contributed by atoms with E-state index in [2.05, 4.69) is 0 Å². The van der Waals surface area contributed by atoms with Crippen LogP contribution in [0.25, 0.3) is 0 Å². The third-order valence-electron chi connectivity index (χ3n) is 1.89. The van der Waals surface area contributed by atoms with Gasteiger partial charge in [0.15, 0.2) is 0 Å². The third kappa shape index (κ3) is 2.53. The van der Waals surface area contributed by atoms with E-state index < -0.39 is 16.9 Å². The van der Waals surface area contributed by atoms with Crippen LogP contribution in [0.5, 0.6) is 0 Å². The number of imide groups is 1. The Morgan fingerprint density at radius 3 is 2.50 bits per heavy atom. The van der Waals surface area contributed by atoms with Crippen LogP contribution in [0, 0.1) is 17.0 Å². The fraction of sp³-hybridized carbons (Fsp3) is 0.111. The molecule has 3 amide bonds. The molecule has 16 heavy (non-hydrogen) atoms. The summed E-state index contributed by atoms with van der Waals surface area (Å²) in [4.78, 5) is 31.7. The number of nitro groups is 1. The number of nitrogens with two attached hydrogens (primary N) is 1. The SMILES string of the molecule is Cc1cc(C(=O)NC(N)=O)ccc1[N+](=O)[O-]. The van der Waals surface area contributed by atoms with E-state index in [1.807, 2.05) is 5.32 Å². The summed E-state index contributed by atoms with van der Waals surface area (Å²) in [6.45, 7) is 1.50. The number of aryl methyl sites for hydroxylation is 1. The topological polar surface area (TPSA) is 115 Å². The highest BCUT2D eigenvalue weighted by atomic mass is 16.6. The lowest BCUT2D eigenvalue weighted by molar-refractivity contribution is -0.385. The van der Waals surface area contributed by atoms with E-state index in [9.17, 15) is 19.7 Å². The van der Waals surface area contributed by atoms with Crippen molar-refractivity contribution in [1.82, 2.24) is 5.32 Å². The maximum absolute atomic E-state index is 11.3. The van der Waals surface area contributed by atoms with Crippen LogP contribution in [0.3, 0.4) is 0 Å². The smallest absolute Gasteiger partial charge is 0.319 e. The van der Waals surface area contributed by atoms with Gasteiger partial charge in [0.25, 0.3) is 11.6 Å². The number of amides is 3. The zero-order chi connectivity index (χ0) is 12.3. The summed E-state index contributed by atoms with van der Waals surface area (Å²) in [6, 6.07) is 2.80. The van der Waals surface area contributed by atoms with Crippen LogP contribution < -0.4 is 11.1 Å². The first kappa shape index (κ1) is 11.6. The van der Waals surface area contributed by atoms with E-state index in [0.717, 1.165) is 0 Å². The van der Waals surface area contributed by atoms with Gasteiger partial charge in [-0.05, 0) is 19.1 Å². The summed E-state index contributed by atoms with van der Waals surface area (Å²) >= 11 is 0. The highest BCUT2D eigenvalue weighted by Crippen LogP contribution is 2.18. The maximum atomic E-state index is 11.3. The van der Waals surface area contributed by atoms with E-state index in [-0.39, 0.29) is 11.3 Å². The van der Waals surface area contributed by atoms with Crippen LogP contribution in [0.4, 0.5) is 10.5 Å². The molecule has 0 aliphatic rings. The van der Waals surface area contributed by atoms with Crippen molar-refractivity contribution < 1.29 is 14.5 Å². The van der Waals surface area contributed by atoms with E-state index in [1.165, 1.54) is 25.1 Å². The number of primary amides is 1. The number of benzene rings is 1. The molecule has 0 unspecified atom stereocenters. The van der Waals surface area contributed by atoms with Gasteiger partial charge >= 0.3 is 6.03 Å². The van der Waals surface area contributed by atoms with E-state index in [0.29, 0.717) is 5.56 Å². The minimum Gasteiger partial charge on any atom is -0.351 e. The maximum Gasteiger partial charge on any atom is 0.319 e. The highest BCUT2D eigenvalue weighted by molar-refractivity contribution is 6.04. The Balaban J connectivity index is 3.01. The van der Waals surface area contributed by atoms with Gasteiger partial charge in [0.1, 0.15) is 0 Å².